The van der Waals surface area contributed by atoms with Crippen LogP contribution in [0.4, 0.5) is 0 Å². The second-order valence-electron chi connectivity index (χ2n) is 6.30. The largest absolute Gasteiger partial charge is 0.388 e. The zero-order valence-electron chi connectivity index (χ0n) is 12.7. The van der Waals surface area contributed by atoms with Gasteiger partial charge in [-0.05, 0) is 31.6 Å². The molecule has 1 aliphatic carbocycles. The van der Waals surface area contributed by atoms with Crippen molar-refractivity contribution in [3.05, 3.63) is 0 Å². The summed E-state index contributed by atoms with van der Waals surface area (Å²) < 4.78 is 0. The highest BCUT2D eigenvalue weighted by Crippen LogP contribution is 2.32. The summed E-state index contributed by atoms with van der Waals surface area (Å²) in [5.74, 6) is 0.527. The van der Waals surface area contributed by atoms with E-state index in [4.69, 9.17) is 5.73 Å². The van der Waals surface area contributed by atoms with Crippen molar-refractivity contribution in [2.75, 3.05) is 13.1 Å². The fourth-order valence-corrected chi connectivity index (χ4v) is 3.18. The van der Waals surface area contributed by atoms with Gasteiger partial charge in [-0.1, -0.05) is 33.6 Å². The van der Waals surface area contributed by atoms with Gasteiger partial charge in [-0.15, -0.1) is 0 Å². The third kappa shape index (κ3) is 3.93. The van der Waals surface area contributed by atoms with E-state index in [1.807, 2.05) is 13.8 Å². The SMILES string of the molecule is CCC(CC)(CN)C(=O)NCC1(O)CCCC(C)C1. The van der Waals surface area contributed by atoms with Gasteiger partial charge in [0.05, 0.1) is 11.0 Å². The van der Waals surface area contributed by atoms with Gasteiger partial charge in [-0.25, -0.2) is 0 Å². The Morgan fingerprint density at radius 2 is 2.11 bits per heavy atom. The summed E-state index contributed by atoms with van der Waals surface area (Å²) in [5.41, 5.74) is 4.57. The zero-order chi connectivity index (χ0) is 14.5. The molecule has 0 aromatic rings. The molecule has 0 heterocycles. The maximum absolute atomic E-state index is 12.3. The van der Waals surface area contributed by atoms with E-state index in [0.717, 1.165) is 32.1 Å². The summed E-state index contributed by atoms with van der Waals surface area (Å²) in [7, 11) is 0. The fourth-order valence-electron chi connectivity index (χ4n) is 3.18. The minimum Gasteiger partial charge on any atom is -0.388 e. The van der Waals surface area contributed by atoms with Crippen LogP contribution < -0.4 is 11.1 Å². The molecule has 1 aliphatic rings. The first-order valence-electron chi connectivity index (χ1n) is 7.62. The van der Waals surface area contributed by atoms with Gasteiger partial charge < -0.3 is 16.2 Å². The zero-order valence-corrected chi connectivity index (χ0v) is 12.7. The van der Waals surface area contributed by atoms with Crippen LogP contribution in [-0.4, -0.2) is 29.7 Å². The van der Waals surface area contributed by atoms with Crippen molar-refractivity contribution in [3.63, 3.8) is 0 Å². The smallest absolute Gasteiger partial charge is 0.227 e. The normalized spacial score (nSPS) is 28.2. The van der Waals surface area contributed by atoms with E-state index in [2.05, 4.69) is 12.2 Å². The van der Waals surface area contributed by atoms with Crippen molar-refractivity contribution < 1.29 is 9.90 Å². The lowest BCUT2D eigenvalue weighted by atomic mass is 9.78. The van der Waals surface area contributed by atoms with E-state index in [-0.39, 0.29) is 5.91 Å². The number of nitrogens with two attached hydrogens (primary N) is 1. The molecule has 0 saturated heterocycles. The first-order chi connectivity index (χ1) is 8.91. The molecule has 112 valence electrons. The molecule has 19 heavy (non-hydrogen) atoms. The molecule has 2 atom stereocenters. The van der Waals surface area contributed by atoms with E-state index >= 15 is 0 Å². The summed E-state index contributed by atoms with van der Waals surface area (Å²) in [6, 6.07) is 0. The maximum atomic E-state index is 12.3. The van der Waals surface area contributed by atoms with Crippen molar-refractivity contribution in [3.8, 4) is 0 Å². The molecule has 0 spiro atoms. The Morgan fingerprint density at radius 1 is 1.47 bits per heavy atom. The molecule has 4 nitrogen and oxygen atoms in total. The molecule has 1 rings (SSSR count). The summed E-state index contributed by atoms with van der Waals surface area (Å²) in [5, 5.41) is 13.5. The van der Waals surface area contributed by atoms with Gasteiger partial charge in [0.1, 0.15) is 0 Å². The topological polar surface area (TPSA) is 75.4 Å². The summed E-state index contributed by atoms with van der Waals surface area (Å²) in [4.78, 5) is 12.3. The minimum absolute atomic E-state index is 0.00773. The molecule has 4 heteroatoms. The average Bonchev–Trinajstić information content (AvgIpc) is 2.39. The first-order valence-corrected chi connectivity index (χ1v) is 7.62. The van der Waals surface area contributed by atoms with Crippen molar-refractivity contribution in [2.45, 2.75) is 64.9 Å². The van der Waals surface area contributed by atoms with Gasteiger partial charge in [0, 0.05) is 13.1 Å². The molecule has 0 radical (unpaired) electrons. The van der Waals surface area contributed by atoms with Gasteiger partial charge >= 0.3 is 0 Å². The molecule has 4 N–H and O–H groups in total. The molecule has 1 saturated carbocycles. The van der Waals surface area contributed by atoms with Crippen LogP contribution in [-0.2, 0) is 4.79 Å². The van der Waals surface area contributed by atoms with Crippen LogP contribution in [0.5, 0.6) is 0 Å². The standard InChI is InChI=1S/C15H30N2O2/c1-4-14(5-2,10-16)13(18)17-11-15(19)8-6-7-12(3)9-15/h12,19H,4-11,16H2,1-3H3,(H,17,18). The van der Waals surface area contributed by atoms with Crippen LogP contribution in [0.25, 0.3) is 0 Å². The lowest BCUT2D eigenvalue weighted by molar-refractivity contribution is -0.132. The maximum Gasteiger partial charge on any atom is 0.227 e. The molecule has 1 amide bonds. The quantitative estimate of drug-likeness (QED) is 0.689. The Kier molecular flexibility index (Phi) is 5.81. The number of nitrogens with one attached hydrogen (secondary N) is 1. The van der Waals surface area contributed by atoms with E-state index in [1.165, 1.54) is 6.42 Å². The number of aliphatic hydroxyl groups is 1. The second kappa shape index (κ2) is 6.71. The molecule has 2 unspecified atom stereocenters. The lowest BCUT2D eigenvalue weighted by Crippen LogP contribution is -2.51. The van der Waals surface area contributed by atoms with E-state index in [0.29, 0.717) is 19.0 Å². The Morgan fingerprint density at radius 3 is 2.58 bits per heavy atom. The van der Waals surface area contributed by atoms with Crippen molar-refractivity contribution in [1.29, 1.82) is 0 Å². The van der Waals surface area contributed by atoms with Gasteiger partial charge in [-0.3, -0.25) is 4.79 Å². The van der Waals surface area contributed by atoms with Crippen LogP contribution in [0.1, 0.15) is 59.3 Å². The van der Waals surface area contributed by atoms with Gasteiger partial charge in [0.15, 0.2) is 0 Å². The lowest BCUT2D eigenvalue weighted by Gasteiger charge is -2.37. The third-order valence-electron chi connectivity index (χ3n) is 4.87. The minimum atomic E-state index is -0.727. The molecule has 0 bridgehead atoms. The number of carbonyl (C=O) groups excluding carboxylic acids is 1. The van der Waals surface area contributed by atoms with E-state index in [1.54, 1.807) is 0 Å². The highest BCUT2D eigenvalue weighted by atomic mass is 16.3. The predicted molar refractivity (Wildman–Crippen MR) is 77.7 cm³/mol. The van der Waals surface area contributed by atoms with Crippen molar-refractivity contribution in [1.82, 2.24) is 5.32 Å². The van der Waals surface area contributed by atoms with Crippen LogP contribution >= 0.6 is 0 Å². The number of carbonyl (C=O) groups is 1. The van der Waals surface area contributed by atoms with E-state index < -0.39 is 11.0 Å². The first kappa shape index (κ1) is 16.4. The van der Waals surface area contributed by atoms with Crippen molar-refractivity contribution in [2.24, 2.45) is 17.1 Å². The highest BCUT2D eigenvalue weighted by Gasteiger charge is 2.37. The Bertz CT molecular complexity index is 294. The van der Waals surface area contributed by atoms with Crippen LogP contribution in [0.15, 0.2) is 0 Å². The molecule has 0 aromatic carbocycles. The molecule has 1 fully saturated rings. The Balaban J connectivity index is 2.57. The van der Waals surface area contributed by atoms with Gasteiger partial charge in [0.2, 0.25) is 5.91 Å². The summed E-state index contributed by atoms with van der Waals surface area (Å²) in [6.07, 6.45) is 5.25. The Hall–Kier alpha value is -0.610. The molecule has 0 aliphatic heterocycles. The van der Waals surface area contributed by atoms with Crippen LogP contribution in [0, 0.1) is 11.3 Å². The molecular weight excluding hydrogens is 240 g/mol. The van der Waals surface area contributed by atoms with Crippen molar-refractivity contribution >= 4 is 5.91 Å². The highest BCUT2D eigenvalue weighted by molar-refractivity contribution is 5.82. The number of hydrogen-bond acceptors (Lipinski definition) is 3. The fraction of sp³-hybridized carbons (Fsp3) is 0.933. The number of amides is 1. The molecular formula is C15H30N2O2. The monoisotopic (exact) mass is 270 g/mol. The van der Waals surface area contributed by atoms with Gasteiger partial charge in [-0.2, -0.15) is 0 Å². The van der Waals surface area contributed by atoms with E-state index in [9.17, 15) is 9.90 Å². The predicted octanol–water partition coefficient (Wildman–Crippen LogP) is 1.81. The Labute approximate surface area is 117 Å². The van der Waals surface area contributed by atoms with Crippen LogP contribution in [0.3, 0.4) is 0 Å². The summed E-state index contributed by atoms with van der Waals surface area (Å²) in [6.45, 7) is 6.87. The second-order valence-corrected chi connectivity index (χ2v) is 6.30. The van der Waals surface area contributed by atoms with Crippen LogP contribution in [0.2, 0.25) is 0 Å². The average molecular weight is 270 g/mol. The summed E-state index contributed by atoms with van der Waals surface area (Å²) >= 11 is 0. The number of hydrogen-bond donors (Lipinski definition) is 3. The third-order valence-corrected chi connectivity index (χ3v) is 4.87. The van der Waals surface area contributed by atoms with Gasteiger partial charge in [0.25, 0.3) is 0 Å². The molecule has 0 aromatic heterocycles. The number of rotatable bonds is 6.